The average molecular weight is 451 g/mol. The van der Waals surface area contributed by atoms with Gasteiger partial charge in [-0.1, -0.05) is 29.8 Å². The van der Waals surface area contributed by atoms with Gasteiger partial charge in [0.2, 0.25) is 11.9 Å². The van der Waals surface area contributed by atoms with Crippen LogP contribution in [0.1, 0.15) is 21.5 Å². The lowest BCUT2D eigenvalue weighted by molar-refractivity contribution is -0.128. The van der Waals surface area contributed by atoms with Gasteiger partial charge in [0.1, 0.15) is 5.02 Å². The largest absolute Gasteiger partial charge is 0.355 e. The standard InChI is InChI=1S/C23H23ClN6O2/c1-25-22(32)17-5-3-4-6-19(17)28-21-18(24)13-26-23(29-21)27-16-8-7-14-9-10-30(2)20(31)12-15(14)11-16/h3-8,11,13H,9-10,12H2,1-2H3,(H,25,32)(H2,26,27,28,29). The van der Waals surface area contributed by atoms with Crippen LogP contribution in [0.5, 0.6) is 0 Å². The van der Waals surface area contributed by atoms with Crippen LogP contribution in [0.25, 0.3) is 0 Å². The third-order valence-corrected chi connectivity index (χ3v) is 5.62. The number of anilines is 4. The van der Waals surface area contributed by atoms with Gasteiger partial charge >= 0.3 is 0 Å². The lowest BCUT2D eigenvalue weighted by Gasteiger charge is -2.13. The van der Waals surface area contributed by atoms with E-state index in [1.165, 1.54) is 11.8 Å². The molecule has 3 aromatic rings. The van der Waals surface area contributed by atoms with Gasteiger partial charge in [0.25, 0.3) is 5.91 Å². The minimum Gasteiger partial charge on any atom is -0.355 e. The van der Waals surface area contributed by atoms with Crippen LogP contribution >= 0.6 is 11.6 Å². The number of rotatable bonds is 5. The first kappa shape index (κ1) is 21.6. The third kappa shape index (κ3) is 4.65. The highest BCUT2D eigenvalue weighted by molar-refractivity contribution is 6.33. The highest BCUT2D eigenvalue weighted by Gasteiger charge is 2.18. The Morgan fingerprint density at radius 1 is 1.12 bits per heavy atom. The summed E-state index contributed by atoms with van der Waals surface area (Å²) in [6.07, 6.45) is 2.68. The summed E-state index contributed by atoms with van der Waals surface area (Å²) in [7, 11) is 3.40. The molecule has 0 saturated carbocycles. The summed E-state index contributed by atoms with van der Waals surface area (Å²) in [6, 6.07) is 13.0. The molecule has 4 rings (SSSR count). The Bertz CT molecular complexity index is 1180. The van der Waals surface area contributed by atoms with Crippen molar-refractivity contribution in [3.63, 3.8) is 0 Å². The lowest BCUT2D eigenvalue weighted by atomic mass is 10.0. The van der Waals surface area contributed by atoms with E-state index in [4.69, 9.17) is 11.6 Å². The van der Waals surface area contributed by atoms with Crippen molar-refractivity contribution < 1.29 is 9.59 Å². The molecule has 0 unspecified atom stereocenters. The Morgan fingerprint density at radius 2 is 1.94 bits per heavy atom. The van der Waals surface area contributed by atoms with E-state index < -0.39 is 0 Å². The Labute approximate surface area is 191 Å². The lowest BCUT2D eigenvalue weighted by Crippen LogP contribution is -2.27. The van der Waals surface area contributed by atoms with E-state index in [-0.39, 0.29) is 11.8 Å². The van der Waals surface area contributed by atoms with E-state index >= 15 is 0 Å². The van der Waals surface area contributed by atoms with Gasteiger partial charge in [-0.25, -0.2) is 4.98 Å². The van der Waals surface area contributed by atoms with E-state index in [9.17, 15) is 9.59 Å². The van der Waals surface area contributed by atoms with Crippen molar-refractivity contribution in [1.82, 2.24) is 20.2 Å². The quantitative estimate of drug-likeness (QED) is 0.550. The highest BCUT2D eigenvalue weighted by Crippen LogP contribution is 2.28. The van der Waals surface area contributed by atoms with Crippen molar-refractivity contribution in [1.29, 1.82) is 0 Å². The molecule has 0 radical (unpaired) electrons. The smallest absolute Gasteiger partial charge is 0.253 e. The van der Waals surface area contributed by atoms with Gasteiger partial charge in [-0.05, 0) is 41.8 Å². The van der Waals surface area contributed by atoms with E-state index in [0.717, 1.165) is 17.7 Å². The minimum absolute atomic E-state index is 0.102. The van der Waals surface area contributed by atoms with E-state index in [0.29, 0.717) is 41.0 Å². The summed E-state index contributed by atoms with van der Waals surface area (Å²) in [4.78, 5) is 34.9. The predicted octanol–water partition coefficient (Wildman–Crippen LogP) is 3.53. The predicted molar refractivity (Wildman–Crippen MR) is 125 cm³/mol. The van der Waals surface area contributed by atoms with Crippen LogP contribution in [0, 0.1) is 0 Å². The number of hydrogen-bond donors (Lipinski definition) is 3. The number of carbonyl (C=O) groups excluding carboxylic acids is 2. The van der Waals surface area contributed by atoms with Gasteiger partial charge in [-0.2, -0.15) is 4.98 Å². The fourth-order valence-corrected chi connectivity index (χ4v) is 3.66. The molecule has 0 saturated heterocycles. The third-order valence-electron chi connectivity index (χ3n) is 5.34. The molecule has 0 atom stereocenters. The molecule has 1 aliphatic heterocycles. The van der Waals surface area contributed by atoms with Crippen LogP contribution in [0.3, 0.4) is 0 Å². The molecule has 1 aromatic heterocycles. The number of carbonyl (C=O) groups is 2. The van der Waals surface area contributed by atoms with Crippen LogP contribution in [0.2, 0.25) is 5.02 Å². The van der Waals surface area contributed by atoms with Crippen molar-refractivity contribution in [2.45, 2.75) is 12.8 Å². The molecular formula is C23H23ClN6O2. The number of benzene rings is 2. The van der Waals surface area contributed by atoms with E-state index in [2.05, 4.69) is 25.9 Å². The van der Waals surface area contributed by atoms with E-state index in [1.54, 1.807) is 30.1 Å². The van der Waals surface area contributed by atoms with Gasteiger partial charge in [-0.15, -0.1) is 0 Å². The molecule has 1 aliphatic rings. The number of fused-ring (bicyclic) bond motifs is 1. The maximum absolute atomic E-state index is 12.2. The summed E-state index contributed by atoms with van der Waals surface area (Å²) >= 11 is 6.30. The minimum atomic E-state index is -0.221. The number of hydrogen-bond acceptors (Lipinski definition) is 6. The highest BCUT2D eigenvalue weighted by atomic mass is 35.5. The monoisotopic (exact) mass is 450 g/mol. The molecule has 8 nitrogen and oxygen atoms in total. The number of aromatic nitrogens is 2. The number of nitrogens with zero attached hydrogens (tertiary/aromatic N) is 3. The molecule has 32 heavy (non-hydrogen) atoms. The maximum Gasteiger partial charge on any atom is 0.253 e. The Morgan fingerprint density at radius 3 is 2.75 bits per heavy atom. The summed E-state index contributed by atoms with van der Waals surface area (Å²) in [5.74, 6) is 0.588. The summed E-state index contributed by atoms with van der Waals surface area (Å²) in [5, 5.41) is 9.23. The second-order valence-corrected chi connectivity index (χ2v) is 7.90. The normalized spacial score (nSPS) is 13.2. The zero-order chi connectivity index (χ0) is 22.7. The molecule has 0 fully saturated rings. The van der Waals surface area contributed by atoms with Gasteiger partial charge in [0.05, 0.1) is 23.9 Å². The molecule has 2 heterocycles. The van der Waals surface area contributed by atoms with Gasteiger partial charge in [0.15, 0.2) is 5.82 Å². The molecule has 3 N–H and O–H groups in total. The van der Waals surface area contributed by atoms with Crippen LogP contribution in [0.15, 0.2) is 48.7 Å². The fraction of sp³-hybridized carbons (Fsp3) is 0.217. The maximum atomic E-state index is 12.2. The first-order valence-corrected chi connectivity index (χ1v) is 10.6. The Balaban J connectivity index is 1.58. The number of halogens is 1. The van der Waals surface area contributed by atoms with Crippen molar-refractivity contribution in [2.24, 2.45) is 0 Å². The number of likely N-dealkylation sites (N-methyl/N-ethyl adjacent to an activating group) is 1. The van der Waals surface area contributed by atoms with Crippen molar-refractivity contribution in [3.8, 4) is 0 Å². The fourth-order valence-electron chi connectivity index (χ4n) is 3.52. The average Bonchev–Trinajstić information content (AvgIpc) is 2.93. The molecule has 0 bridgehead atoms. The van der Waals surface area contributed by atoms with Crippen LogP contribution in [-0.4, -0.2) is 47.3 Å². The van der Waals surface area contributed by atoms with Crippen molar-refractivity contribution in [2.75, 3.05) is 31.3 Å². The molecule has 2 aromatic carbocycles. The van der Waals surface area contributed by atoms with Gasteiger partial charge in [0, 0.05) is 26.3 Å². The second kappa shape index (κ2) is 9.23. The first-order chi connectivity index (χ1) is 15.4. The van der Waals surface area contributed by atoms with Crippen molar-refractivity contribution >= 4 is 46.6 Å². The van der Waals surface area contributed by atoms with E-state index in [1.807, 2.05) is 31.3 Å². The summed E-state index contributed by atoms with van der Waals surface area (Å²) in [6.45, 7) is 0.714. The second-order valence-electron chi connectivity index (χ2n) is 7.49. The number of para-hydroxylation sites is 1. The zero-order valence-corrected chi connectivity index (χ0v) is 18.5. The van der Waals surface area contributed by atoms with Gasteiger partial charge < -0.3 is 20.9 Å². The molecule has 9 heteroatoms. The Hall–Kier alpha value is -3.65. The van der Waals surface area contributed by atoms with Crippen LogP contribution in [0.4, 0.5) is 23.1 Å². The van der Waals surface area contributed by atoms with Gasteiger partial charge in [-0.3, -0.25) is 9.59 Å². The van der Waals surface area contributed by atoms with Crippen LogP contribution in [-0.2, 0) is 17.6 Å². The first-order valence-electron chi connectivity index (χ1n) is 10.2. The molecule has 0 aliphatic carbocycles. The number of amides is 2. The summed E-state index contributed by atoms with van der Waals surface area (Å²) < 4.78 is 0. The molecule has 0 spiro atoms. The molecule has 2 amide bonds. The molecular weight excluding hydrogens is 428 g/mol. The van der Waals surface area contributed by atoms with Crippen molar-refractivity contribution in [3.05, 3.63) is 70.4 Å². The van der Waals surface area contributed by atoms with Crippen LogP contribution < -0.4 is 16.0 Å². The zero-order valence-electron chi connectivity index (χ0n) is 17.8. The SMILES string of the molecule is CNC(=O)c1ccccc1Nc1nc(Nc2ccc3c(c2)CC(=O)N(C)CC3)ncc1Cl. The molecule has 164 valence electrons. The topological polar surface area (TPSA) is 99.2 Å². The Kier molecular flexibility index (Phi) is 6.23. The number of nitrogens with one attached hydrogen (secondary N) is 3. The summed E-state index contributed by atoms with van der Waals surface area (Å²) in [5.41, 5.74) is 3.99.